The molecule has 150 valence electrons. The maximum absolute atomic E-state index is 11.7. The second kappa shape index (κ2) is 8.05. The molecule has 0 bridgehead atoms. The summed E-state index contributed by atoms with van der Waals surface area (Å²) in [6.45, 7) is 2.95. The summed E-state index contributed by atoms with van der Waals surface area (Å²) in [5.74, 6) is -0.287. The minimum atomic E-state index is -0.605. The number of thiol groups is 1. The number of hydrogen-bond acceptors (Lipinski definition) is 7. The monoisotopic (exact) mass is 406 g/mol. The second-order valence-electron chi connectivity index (χ2n) is 7.00. The van der Waals surface area contributed by atoms with Gasteiger partial charge < -0.3 is 10.6 Å². The molecular weight excluding hydrogens is 384 g/mol. The van der Waals surface area contributed by atoms with E-state index in [1.807, 2.05) is 11.8 Å². The van der Waals surface area contributed by atoms with Crippen LogP contribution in [0, 0.1) is 16.0 Å². The molecule has 0 saturated carbocycles. The molecule has 11 heteroatoms. The van der Waals surface area contributed by atoms with Crippen LogP contribution in [-0.2, 0) is 4.79 Å². The highest BCUT2D eigenvalue weighted by Gasteiger charge is 2.30. The zero-order chi connectivity index (χ0) is 20.4. The third kappa shape index (κ3) is 4.03. The first kappa shape index (κ1) is 19.9. The lowest BCUT2D eigenvalue weighted by atomic mass is 9.93. The molecule has 1 aromatic rings. The average molecular weight is 406 g/mol. The van der Waals surface area contributed by atoms with Crippen molar-refractivity contribution in [3.05, 3.63) is 33.9 Å². The molecule has 1 atom stereocenters. The number of hydrogen-bond donors (Lipinski definition) is 3. The smallest absolute Gasteiger partial charge is 0.324 e. The summed E-state index contributed by atoms with van der Waals surface area (Å²) in [4.78, 5) is 35.9. The number of urea groups is 1. The predicted molar refractivity (Wildman–Crippen MR) is 107 cm³/mol. The Bertz CT molecular complexity index is 837. The normalized spacial score (nSPS) is 20.4. The number of nitrogens with two attached hydrogens (primary N) is 1. The molecule has 1 unspecified atom stereocenters. The molecule has 0 spiro atoms. The number of piperidine rings is 1. The van der Waals surface area contributed by atoms with E-state index in [0.717, 1.165) is 0 Å². The number of benzene rings is 1. The number of nitro benzene ring substituents is 1. The molecule has 2 aliphatic rings. The number of anilines is 1. The highest BCUT2D eigenvalue weighted by molar-refractivity contribution is 7.78. The van der Waals surface area contributed by atoms with Gasteiger partial charge in [0, 0.05) is 43.1 Å². The van der Waals surface area contributed by atoms with Gasteiger partial charge in [-0.05, 0) is 18.9 Å². The van der Waals surface area contributed by atoms with Gasteiger partial charge in [-0.15, -0.1) is 0 Å². The molecule has 0 radical (unpaired) electrons. The Morgan fingerprint density at radius 3 is 2.68 bits per heavy atom. The van der Waals surface area contributed by atoms with E-state index in [1.54, 1.807) is 12.1 Å². The first-order chi connectivity index (χ1) is 13.3. The summed E-state index contributed by atoms with van der Waals surface area (Å²) in [6.07, 6.45) is 1.52. The standard InChI is InChI=1S/C17H22N6O4S/c1-10-8-15(24)19-20-16(10)11-2-3-13(14(9-11)23(26)27)21-6-4-12(5-7-21)22(28)17(18)25/h2-3,9-10,12,28H,4-8H2,1H3,(H2,18,25)(H,19,24). The van der Waals surface area contributed by atoms with Gasteiger partial charge in [0.25, 0.3) is 5.69 Å². The summed E-state index contributed by atoms with van der Waals surface area (Å²) in [5, 5.41) is 15.8. The number of amides is 3. The maximum atomic E-state index is 11.7. The quantitative estimate of drug-likeness (QED) is 0.397. The van der Waals surface area contributed by atoms with Gasteiger partial charge >= 0.3 is 6.03 Å². The van der Waals surface area contributed by atoms with Crippen LogP contribution in [0.15, 0.2) is 23.3 Å². The predicted octanol–water partition coefficient (Wildman–Crippen LogP) is 1.65. The summed E-state index contributed by atoms with van der Waals surface area (Å²) >= 11 is 4.11. The van der Waals surface area contributed by atoms with Gasteiger partial charge in [0.1, 0.15) is 5.69 Å². The van der Waals surface area contributed by atoms with E-state index in [2.05, 4.69) is 23.3 Å². The van der Waals surface area contributed by atoms with Crippen molar-refractivity contribution in [3.63, 3.8) is 0 Å². The van der Waals surface area contributed by atoms with E-state index < -0.39 is 11.0 Å². The zero-order valence-electron chi connectivity index (χ0n) is 15.4. The molecule has 0 aromatic heterocycles. The van der Waals surface area contributed by atoms with Gasteiger partial charge in [-0.1, -0.05) is 25.8 Å². The molecular formula is C17H22N6O4S. The number of rotatable bonds is 4. The number of primary amides is 1. The van der Waals surface area contributed by atoms with Gasteiger partial charge in [0.15, 0.2) is 0 Å². The van der Waals surface area contributed by atoms with Crippen molar-refractivity contribution in [1.29, 1.82) is 0 Å². The van der Waals surface area contributed by atoms with Crippen LogP contribution in [0.4, 0.5) is 16.2 Å². The average Bonchev–Trinajstić information content (AvgIpc) is 2.67. The van der Waals surface area contributed by atoms with E-state index in [-0.39, 0.29) is 23.6 Å². The molecule has 1 aromatic carbocycles. The van der Waals surface area contributed by atoms with Crippen LogP contribution in [0.25, 0.3) is 0 Å². The van der Waals surface area contributed by atoms with Crippen LogP contribution in [0.3, 0.4) is 0 Å². The summed E-state index contributed by atoms with van der Waals surface area (Å²) in [7, 11) is 0. The number of nitrogens with zero attached hydrogens (tertiary/aromatic N) is 4. The highest BCUT2D eigenvalue weighted by Crippen LogP contribution is 2.33. The fraction of sp³-hybridized carbons (Fsp3) is 0.471. The summed E-state index contributed by atoms with van der Waals surface area (Å²) < 4.78 is 1.21. The van der Waals surface area contributed by atoms with Crippen molar-refractivity contribution in [1.82, 2.24) is 9.73 Å². The number of carbonyl (C=O) groups is 2. The van der Waals surface area contributed by atoms with Crippen molar-refractivity contribution < 1.29 is 14.5 Å². The van der Waals surface area contributed by atoms with Crippen LogP contribution < -0.4 is 16.1 Å². The van der Waals surface area contributed by atoms with Crippen molar-refractivity contribution in [2.45, 2.75) is 32.2 Å². The highest BCUT2D eigenvalue weighted by atomic mass is 32.1. The van der Waals surface area contributed by atoms with E-state index >= 15 is 0 Å². The Kier molecular flexibility index (Phi) is 5.73. The fourth-order valence-electron chi connectivity index (χ4n) is 3.63. The van der Waals surface area contributed by atoms with E-state index in [9.17, 15) is 19.7 Å². The largest absolute Gasteiger partial charge is 0.366 e. The molecule has 28 heavy (non-hydrogen) atoms. The molecule has 1 fully saturated rings. The van der Waals surface area contributed by atoms with Crippen LogP contribution in [0.5, 0.6) is 0 Å². The Labute approximate surface area is 167 Å². The van der Waals surface area contributed by atoms with Gasteiger partial charge in [-0.3, -0.25) is 19.2 Å². The lowest BCUT2D eigenvalue weighted by molar-refractivity contribution is -0.384. The van der Waals surface area contributed by atoms with Crippen LogP contribution in [0.1, 0.15) is 31.7 Å². The van der Waals surface area contributed by atoms with Gasteiger partial charge in [-0.2, -0.15) is 5.10 Å². The third-order valence-corrected chi connectivity index (χ3v) is 5.63. The topological polar surface area (TPSA) is 134 Å². The Morgan fingerprint density at radius 1 is 1.43 bits per heavy atom. The van der Waals surface area contributed by atoms with Crippen molar-refractivity contribution in [2.24, 2.45) is 16.8 Å². The second-order valence-corrected chi connectivity index (χ2v) is 7.43. The first-order valence-corrected chi connectivity index (χ1v) is 9.35. The molecule has 2 heterocycles. The molecule has 3 N–H and O–H groups in total. The third-order valence-electron chi connectivity index (χ3n) is 5.10. The Balaban J connectivity index is 1.82. The van der Waals surface area contributed by atoms with Crippen molar-refractivity contribution in [3.8, 4) is 0 Å². The van der Waals surface area contributed by atoms with E-state index in [1.165, 1.54) is 10.4 Å². The maximum Gasteiger partial charge on any atom is 0.324 e. The Morgan fingerprint density at radius 2 is 2.11 bits per heavy atom. The molecule has 10 nitrogen and oxygen atoms in total. The number of nitro groups is 1. The minimum Gasteiger partial charge on any atom is -0.366 e. The molecule has 3 amide bonds. The molecule has 1 saturated heterocycles. The summed E-state index contributed by atoms with van der Waals surface area (Å²) in [5.41, 5.74) is 9.43. The van der Waals surface area contributed by atoms with Crippen LogP contribution in [0.2, 0.25) is 0 Å². The van der Waals surface area contributed by atoms with Gasteiger partial charge in [-0.25, -0.2) is 10.2 Å². The molecule has 0 aliphatic carbocycles. The lowest BCUT2D eigenvalue weighted by Crippen LogP contribution is -2.45. The Hall–Kier alpha value is -2.82. The van der Waals surface area contributed by atoms with E-state index in [0.29, 0.717) is 49.3 Å². The molecule has 2 aliphatic heterocycles. The van der Waals surface area contributed by atoms with Crippen molar-refractivity contribution in [2.75, 3.05) is 18.0 Å². The van der Waals surface area contributed by atoms with Crippen molar-refractivity contribution >= 4 is 41.8 Å². The number of hydrazone groups is 1. The summed E-state index contributed by atoms with van der Waals surface area (Å²) in [6, 6.07) is 4.30. The van der Waals surface area contributed by atoms with Crippen LogP contribution in [-0.4, -0.2) is 46.0 Å². The van der Waals surface area contributed by atoms with Gasteiger partial charge in [0.05, 0.1) is 10.6 Å². The lowest BCUT2D eigenvalue weighted by Gasteiger charge is -2.36. The SMILES string of the molecule is CC1CC(=O)NN=C1c1ccc(N2CCC(N(S)C(N)=O)CC2)c([N+](=O)[O-])c1. The zero-order valence-corrected chi connectivity index (χ0v) is 16.3. The molecule has 3 rings (SSSR count). The van der Waals surface area contributed by atoms with Gasteiger partial charge in [0.2, 0.25) is 5.91 Å². The minimum absolute atomic E-state index is 0.0135. The number of carbonyl (C=O) groups excluding carboxylic acids is 2. The first-order valence-electron chi connectivity index (χ1n) is 8.95. The fourth-order valence-corrected chi connectivity index (χ4v) is 3.86. The van der Waals surface area contributed by atoms with Crippen LogP contribution >= 0.6 is 12.8 Å². The number of nitrogens with one attached hydrogen (secondary N) is 1. The van der Waals surface area contributed by atoms with E-state index in [4.69, 9.17) is 5.73 Å².